The van der Waals surface area contributed by atoms with Crippen LogP contribution in [-0.4, -0.2) is 53.6 Å². The number of hydrogen-bond acceptors (Lipinski definition) is 5. The molecule has 2 aliphatic heterocycles. The monoisotopic (exact) mass is 335 g/mol. The first-order chi connectivity index (χ1) is 11.6. The third-order valence-corrected chi connectivity index (χ3v) is 5.19. The summed E-state index contributed by atoms with van der Waals surface area (Å²) in [7, 11) is 0. The van der Waals surface area contributed by atoms with Crippen molar-refractivity contribution in [2.75, 3.05) is 26.5 Å². The average molecular weight is 335 g/mol. The summed E-state index contributed by atoms with van der Waals surface area (Å²) in [6, 6.07) is 5.50. The number of hydrogen-bond donors (Lipinski definition) is 2. The van der Waals surface area contributed by atoms with Crippen molar-refractivity contribution in [1.29, 1.82) is 0 Å². The molecule has 0 bridgehead atoms. The van der Waals surface area contributed by atoms with E-state index in [1.54, 1.807) is 4.90 Å². The van der Waals surface area contributed by atoms with Crippen molar-refractivity contribution < 1.29 is 24.5 Å². The topological polar surface area (TPSA) is 79.2 Å². The zero-order chi connectivity index (χ0) is 17.2. The molecule has 0 aromatic heterocycles. The van der Waals surface area contributed by atoms with Crippen LogP contribution in [0.25, 0.3) is 0 Å². The molecule has 0 unspecified atom stereocenters. The predicted octanol–water partition coefficient (Wildman–Crippen LogP) is 1.33. The normalized spacial score (nSPS) is 25.8. The highest BCUT2D eigenvalue weighted by Gasteiger charge is 2.42. The molecule has 6 heteroatoms. The molecule has 1 fully saturated rings. The lowest BCUT2D eigenvalue weighted by Crippen LogP contribution is -2.54. The number of carbonyl (C=O) groups excluding carboxylic acids is 1. The van der Waals surface area contributed by atoms with E-state index in [1.165, 1.54) is 0 Å². The lowest BCUT2D eigenvalue weighted by Gasteiger charge is -2.44. The second-order valence-electron chi connectivity index (χ2n) is 6.74. The van der Waals surface area contributed by atoms with Gasteiger partial charge in [-0.1, -0.05) is 19.4 Å². The van der Waals surface area contributed by atoms with Gasteiger partial charge < -0.3 is 24.6 Å². The van der Waals surface area contributed by atoms with E-state index >= 15 is 0 Å². The lowest BCUT2D eigenvalue weighted by atomic mass is 9.73. The van der Waals surface area contributed by atoms with E-state index in [1.807, 2.05) is 25.1 Å². The Hall–Kier alpha value is -1.79. The zero-order valence-electron chi connectivity index (χ0n) is 14.0. The summed E-state index contributed by atoms with van der Waals surface area (Å²) >= 11 is 0. The van der Waals surface area contributed by atoms with Crippen LogP contribution in [0.5, 0.6) is 11.5 Å². The van der Waals surface area contributed by atoms with Crippen molar-refractivity contribution in [2.24, 2.45) is 5.41 Å². The van der Waals surface area contributed by atoms with E-state index in [0.29, 0.717) is 24.5 Å². The minimum Gasteiger partial charge on any atom is -0.454 e. The fourth-order valence-electron chi connectivity index (χ4n) is 3.63. The number of ether oxygens (including phenoxy) is 2. The highest BCUT2D eigenvalue weighted by Crippen LogP contribution is 2.36. The van der Waals surface area contributed by atoms with Gasteiger partial charge in [0.15, 0.2) is 11.5 Å². The number of piperidine rings is 1. The molecule has 2 atom stereocenters. The molecule has 1 amide bonds. The van der Waals surface area contributed by atoms with Gasteiger partial charge in [0, 0.05) is 18.5 Å². The smallest absolute Gasteiger partial charge is 0.231 e. The van der Waals surface area contributed by atoms with Crippen molar-refractivity contribution in [3.63, 3.8) is 0 Å². The molecule has 6 nitrogen and oxygen atoms in total. The number of β-amino-alcohol motifs (C(OH)–C–C–N with tert-alkyl or cyclic N) is 1. The molecule has 0 aliphatic carbocycles. The predicted molar refractivity (Wildman–Crippen MR) is 87.9 cm³/mol. The van der Waals surface area contributed by atoms with E-state index in [4.69, 9.17) is 9.47 Å². The Labute approximate surface area is 142 Å². The Bertz CT molecular complexity index is 605. The largest absolute Gasteiger partial charge is 0.454 e. The highest BCUT2D eigenvalue weighted by molar-refractivity contribution is 5.79. The minimum atomic E-state index is -0.683. The number of nitrogens with zero attached hydrogens (tertiary/aromatic N) is 1. The van der Waals surface area contributed by atoms with E-state index in [0.717, 1.165) is 18.4 Å². The Kier molecular flexibility index (Phi) is 4.96. The molecule has 132 valence electrons. The van der Waals surface area contributed by atoms with Crippen LogP contribution in [0.4, 0.5) is 0 Å². The maximum absolute atomic E-state index is 12.6. The molecule has 2 heterocycles. The van der Waals surface area contributed by atoms with Crippen LogP contribution in [0.2, 0.25) is 0 Å². The molecule has 0 radical (unpaired) electrons. The molecule has 2 aliphatic rings. The second kappa shape index (κ2) is 6.99. The van der Waals surface area contributed by atoms with Gasteiger partial charge in [-0.25, -0.2) is 0 Å². The number of aliphatic hydroxyl groups is 2. The van der Waals surface area contributed by atoms with E-state index in [2.05, 4.69) is 0 Å². The first kappa shape index (κ1) is 17.0. The Morgan fingerprint density at radius 3 is 2.88 bits per heavy atom. The molecule has 1 aromatic rings. The van der Waals surface area contributed by atoms with Gasteiger partial charge in [-0.3, -0.25) is 4.79 Å². The summed E-state index contributed by atoms with van der Waals surface area (Å²) in [5, 5.41) is 20.2. The van der Waals surface area contributed by atoms with Crippen LogP contribution < -0.4 is 9.47 Å². The number of benzene rings is 1. The van der Waals surface area contributed by atoms with Crippen molar-refractivity contribution in [1.82, 2.24) is 4.90 Å². The van der Waals surface area contributed by atoms with Gasteiger partial charge >= 0.3 is 0 Å². The lowest BCUT2D eigenvalue weighted by molar-refractivity contribution is -0.141. The van der Waals surface area contributed by atoms with E-state index in [-0.39, 0.29) is 32.3 Å². The fourth-order valence-corrected chi connectivity index (χ4v) is 3.63. The number of likely N-dealkylation sites (tertiary alicyclic amines) is 1. The highest BCUT2D eigenvalue weighted by atomic mass is 16.7. The van der Waals surface area contributed by atoms with Gasteiger partial charge in [-0.05, 0) is 30.5 Å². The molecule has 24 heavy (non-hydrogen) atoms. The van der Waals surface area contributed by atoms with Crippen molar-refractivity contribution in [3.05, 3.63) is 23.8 Å². The molecule has 0 spiro atoms. The number of aliphatic hydroxyl groups excluding tert-OH is 2. The summed E-state index contributed by atoms with van der Waals surface area (Å²) in [6.45, 7) is 3.07. The molecule has 0 saturated carbocycles. The van der Waals surface area contributed by atoms with Crippen LogP contribution in [-0.2, 0) is 11.2 Å². The molecular weight excluding hydrogens is 310 g/mol. The van der Waals surface area contributed by atoms with Gasteiger partial charge in [0.05, 0.1) is 19.1 Å². The molecule has 1 saturated heterocycles. The quantitative estimate of drug-likeness (QED) is 0.849. The minimum absolute atomic E-state index is 0.0176. The summed E-state index contributed by atoms with van der Waals surface area (Å²) in [6.07, 6.45) is 1.89. The molecule has 2 N–H and O–H groups in total. The maximum Gasteiger partial charge on any atom is 0.231 e. The van der Waals surface area contributed by atoms with Crippen molar-refractivity contribution in [2.45, 2.75) is 38.7 Å². The zero-order valence-corrected chi connectivity index (χ0v) is 14.0. The van der Waals surface area contributed by atoms with Gasteiger partial charge in [0.25, 0.3) is 0 Å². The molecule has 3 rings (SSSR count). The van der Waals surface area contributed by atoms with Crippen molar-refractivity contribution in [3.8, 4) is 11.5 Å². The number of amides is 1. The summed E-state index contributed by atoms with van der Waals surface area (Å²) < 4.78 is 10.6. The summed E-state index contributed by atoms with van der Waals surface area (Å²) in [5.41, 5.74) is 0.399. The van der Waals surface area contributed by atoms with Gasteiger partial charge in [0.2, 0.25) is 12.7 Å². The van der Waals surface area contributed by atoms with Crippen LogP contribution >= 0.6 is 0 Å². The maximum atomic E-state index is 12.6. The Morgan fingerprint density at radius 2 is 2.17 bits per heavy atom. The second-order valence-corrected chi connectivity index (χ2v) is 6.74. The van der Waals surface area contributed by atoms with E-state index in [9.17, 15) is 15.0 Å². The van der Waals surface area contributed by atoms with Gasteiger partial charge in [-0.15, -0.1) is 0 Å². The third-order valence-electron chi connectivity index (χ3n) is 5.19. The SMILES string of the molecule is CCC[C@]1(CO)CCN(C(=O)Cc2ccc3c(c2)OCO3)C[C@@H]1O. The third kappa shape index (κ3) is 3.21. The van der Waals surface area contributed by atoms with Gasteiger partial charge in [0.1, 0.15) is 0 Å². The number of rotatable bonds is 5. The molecular formula is C18H25NO5. The van der Waals surface area contributed by atoms with Crippen LogP contribution in [0.3, 0.4) is 0 Å². The Balaban J connectivity index is 1.62. The van der Waals surface area contributed by atoms with Crippen LogP contribution in [0.1, 0.15) is 31.7 Å². The summed E-state index contributed by atoms with van der Waals surface area (Å²) in [4.78, 5) is 14.2. The van der Waals surface area contributed by atoms with Crippen LogP contribution in [0, 0.1) is 5.41 Å². The summed E-state index contributed by atoms with van der Waals surface area (Å²) in [5.74, 6) is 1.35. The fraction of sp³-hybridized carbons (Fsp3) is 0.611. The van der Waals surface area contributed by atoms with Gasteiger partial charge in [-0.2, -0.15) is 0 Å². The van der Waals surface area contributed by atoms with Crippen molar-refractivity contribution >= 4 is 5.91 Å². The average Bonchev–Trinajstić information content (AvgIpc) is 3.04. The van der Waals surface area contributed by atoms with E-state index < -0.39 is 11.5 Å². The Morgan fingerprint density at radius 1 is 1.38 bits per heavy atom. The number of fused-ring (bicyclic) bond motifs is 1. The first-order valence-corrected chi connectivity index (χ1v) is 8.53. The standard InChI is InChI=1S/C18H25NO5/c1-2-5-18(11-20)6-7-19(10-16(18)21)17(22)9-13-3-4-14-15(8-13)24-12-23-14/h3-4,8,16,20-21H,2,5-7,9-12H2,1H3/t16-,18+/m0/s1. The first-order valence-electron chi connectivity index (χ1n) is 8.53. The van der Waals surface area contributed by atoms with Crippen LogP contribution in [0.15, 0.2) is 18.2 Å². The number of carbonyl (C=O) groups is 1. The molecule has 1 aromatic carbocycles.